The first-order chi connectivity index (χ1) is 8.01. The van der Waals surface area contributed by atoms with Gasteiger partial charge in [-0.2, -0.15) is 0 Å². The fraction of sp³-hybridized carbons (Fsp3) is 0.364. The van der Waals surface area contributed by atoms with Gasteiger partial charge in [0, 0.05) is 15.7 Å². The number of hydrogen-bond donors (Lipinski definition) is 2. The van der Waals surface area contributed by atoms with E-state index in [9.17, 15) is 4.39 Å². The highest BCUT2D eigenvalue weighted by Gasteiger charge is 2.15. The van der Waals surface area contributed by atoms with Gasteiger partial charge < -0.3 is 10.9 Å². The zero-order valence-electron chi connectivity index (χ0n) is 9.58. The van der Waals surface area contributed by atoms with Crippen molar-refractivity contribution in [2.24, 2.45) is 10.9 Å². The highest BCUT2D eigenvalue weighted by Crippen LogP contribution is 2.33. The molecule has 0 radical (unpaired) electrons. The van der Waals surface area contributed by atoms with Crippen molar-refractivity contribution >= 4 is 33.5 Å². The highest BCUT2D eigenvalue weighted by atomic mass is 79.9. The molecule has 1 aromatic rings. The van der Waals surface area contributed by atoms with E-state index >= 15 is 0 Å². The van der Waals surface area contributed by atoms with Gasteiger partial charge >= 0.3 is 0 Å². The number of rotatable bonds is 4. The molecule has 17 heavy (non-hydrogen) atoms. The van der Waals surface area contributed by atoms with Gasteiger partial charge in [-0.1, -0.05) is 19.0 Å². The lowest BCUT2D eigenvalue weighted by molar-refractivity contribution is 0.318. The summed E-state index contributed by atoms with van der Waals surface area (Å²) in [6.07, 6.45) is 0.962. The third kappa shape index (κ3) is 3.35. The van der Waals surface area contributed by atoms with Gasteiger partial charge in [0.25, 0.3) is 0 Å². The molecular weight excluding hydrogens is 307 g/mol. The number of halogens is 2. The number of nitrogens with two attached hydrogens (primary N) is 1. The molecular formula is C11H14BrFN2OS. The summed E-state index contributed by atoms with van der Waals surface area (Å²) >= 11 is 4.59. The summed E-state index contributed by atoms with van der Waals surface area (Å²) in [5, 5.41) is 11.8. The third-order valence-corrected chi connectivity index (χ3v) is 4.41. The molecule has 0 saturated carbocycles. The summed E-state index contributed by atoms with van der Waals surface area (Å²) < 4.78 is 14.2. The molecule has 0 aliphatic carbocycles. The van der Waals surface area contributed by atoms with Gasteiger partial charge in [0.1, 0.15) is 0 Å². The van der Waals surface area contributed by atoms with E-state index in [1.165, 1.54) is 11.8 Å². The van der Waals surface area contributed by atoms with Crippen LogP contribution in [0, 0.1) is 5.82 Å². The van der Waals surface area contributed by atoms with Gasteiger partial charge in [0.2, 0.25) is 0 Å². The zero-order valence-corrected chi connectivity index (χ0v) is 12.0. The summed E-state index contributed by atoms with van der Waals surface area (Å²) in [6.45, 7) is 4.09. The molecule has 1 atom stereocenters. The molecule has 94 valence electrons. The van der Waals surface area contributed by atoms with E-state index in [1.807, 2.05) is 6.92 Å². The minimum atomic E-state index is -0.376. The Labute approximate surface area is 112 Å². The van der Waals surface area contributed by atoms with Gasteiger partial charge in [-0.15, -0.1) is 11.8 Å². The van der Waals surface area contributed by atoms with Crippen LogP contribution in [0.5, 0.6) is 0 Å². The van der Waals surface area contributed by atoms with E-state index in [-0.39, 0.29) is 16.1 Å². The molecule has 1 aromatic carbocycles. The van der Waals surface area contributed by atoms with E-state index in [4.69, 9.17) is 10.9 Å². The van der Waals surface area contributed by atoms with Crippen molar-refractivity contribution in [1.29, 1.82) is 0 Å². The predicted octanol–water partition coefficient (Wildman–Crippen LogP) is 3.57. The maximum absolute atomic E-state index is 14.0. The van der Waals surface area contributed by atoms with Gasteiger partial charge in [0.15, 0.2) is 11.7 Å². The molecule has 1 unspecified atom stereocenters. The molecule has 0 aliphatic heterocycles. The minimum Gasteiger partial charge on any atom is -0.409 e. The highest BCUT2D eigenvalue weighted by molar-refractivity contribution is 9.10. The van der Waals surface area contributed by atoms with Crippen molar-refractivity contribution in [3.63, 3.8) is 0 Å². The Hall–Kier alpha value is -0.750. The smallest absolute Gasteiger partial charge is 0.171 e. The molecule has 0 spiro atoms. The number of hydrogen-bond acceptors (Lipinski definition) is 3. The van der Waals surface area contributed by atoms with Crippen molar-refractivity contribution in [1.82, 2.24) is 0 Å². The van der Waals surface area contributed by atoms with Gasteiger partial charge in [-0.05, 0) is 34.5 Å². The van der Waals surface area contributed by atoms with Crippen molar-refractivity contribution in [2.45, 2.75) is 30.4 Å². The molecule has 0 amide bonds. The van der Waals surface area contributed by atoms with Crippen LogP contribution in [-0.2, 0) is 0 Å². The lowest BCUT2D eigenvalue weighted by atomic mass is 10.2. The first-order valence-corrected chi connectivity index (χ1v) is 6.81. The Morgan fingerprint density at radius 1 is 1.65 bits per heavy atom. The Kier molecular flexibility index (Phi) is 5.27. The SMILES string of the molecule is CCC(C)Sc1ccc(/C(N)=N/O)c(Br)c1F. The van der Waals surface area contributed by atoms with Crippen LogP contribution in [0.3, 0.4) is 0 Å². The lowest BCUT2D eigenvalue weighted by Crippen LogP contribution is -2.14. The topological polar surface area (TPSA) is 58.6 Å². The molecule has 0 aliphatic rings. The average molecular weight is 321 g/mol. The molecule has 3 nitrogen and oxygen atoms in total. The first-order valence-electron chi connectivity index (χ1n) is 5.13. The summed E-state index contributed by atoms with van der Waals surface area (Å²) in [5.41, 5.74) is 5.78. The molecule has 0 aromatic heterocycles. The zero-order chi connectivity index (χ0) is 13.0. The van der Waals surface area contributed by atoms with Crippen LogP contribution in [-0.4, -0.2) is 16.3 Å². The Morgan fingerprint density at radius 2 is 2.29 bits per heavy atom. The second kappa shape index (κ2) is 6.26. The van der Waals surface area contributed by atoms with Gasteiger partial charge in [-0.3, -0.25) is 0 Å². The van der Waals surface area contributed by atoms with E-state index in [0.29, 0.717) is 15.7 Å². The van der Waals surface area contributed by atoms with Crippen LogP contribution in [0.1, 0.15) is 25.8 Å². The standard InChI is InChI=1S/C11H14BrFN2OS/c1-3-6(2)17-8-5-4-7(11(14)15-16)9(12)10(8)13/h4-6,16H,3H2,1-2H3,(H2,14,15). The van der Waals surface area contributed by atoms with Gasteiger partial charge in [-0.25, -0.2) is 4.39 Å². The fourth-order valence-corrected chi connectivity index (χ4v) is 2.81. The van der Waals surface area contributed by atoms with Crippen molar-refractivity contribution in [3.05, 3.63) is 28.0 Å². The van der Waals surface area contributed by atoms with E-state index in [1.54, 1.807) is 12.1 Å². The molecule has 0 fully saturated rings. The Balaban J connectivity index is 3.11. The molecule has 0 bridgehead atoms. The van der Waals surface area contributed by atoms with Crippen LogP contribution in [0.25, 0.3) is 0 Å². The fourth-order valence-electron chi connectivity index (χ4n) is 1.17. The Bertz CT molecular complexity index is 440. The van der Waals surface area contributed by atoms with E-state index in [2.05, 4.69) is 28.0 Å². The maximum atomic E-state index is 14.0. The summed E-state index contributed by atoms with van der Waals surface area (Å²) in [7, 11) is 0. The monoisotopic (exact) mass is 320 g/mol. The predicted molar refractivity (Wildman–Crippen MR) is 72.2 cm³/mol. The van der Waals surface area contributed by atoms with Crippen molar-refractivity contribution in [3.8, 4) is 0 Å². The molecule has 3 N–H and O–H groups in total. The second-order valence-electron chi connectivity index (χ2n) is 3.56. The molecule has 0 saturated heterocycles. The lowest BCUT2D eigenvalue weighted by Gasteiger charge is -2.11. The van der Waals surface area contributed by atoms with E-state index < -0.39 is 0 Å². The minimum absolute atomic E-state index is 0.115. The molecule has 1 rings (SSSR count). The number of thioether (sulfide) groups is 1. The summed E-state index contributed by atoms with van der Waals surface area (Å²) in [5.74, 6) is -0.490. The molecule has 0 heterocycles. The Morgan fingerprint density at radius 3 is 2.82 bits per heavy atom. The van der Waals surface area contributed by atoms with Crippen molar-refractivity contribution in [2.75, 3.05) is 0 Å². The quantitative estimate of drug-likeness (QED) is 0.293. The second-order valence-corrected chi connectivity index (χ2v) is 5.83. The van der Waals surface area contributed by atoms with Crippen LogP contribution in [0.2, 0.25) is 0 Å². The van der Waals surface area contributed by atoms with Crippen LogP contribution >= 0.6 is 27.7 Å². The van der Waals surface area contributed by atoms with Gasteiger partial charge in [0.05, 0.1) is 4.47 Å². The normalized spacial score (nSPS) is 13.8. The van der Waals surface area contributed by atoms with Crippen LogP contribution < -0.4 is 5.73 Å². The first kappa shape index (κ1) is 14.3. The van der Waals surface area contributed by atoms with E-state index in [0.717, 1.165) is 6.42 Å². The average Bonchev–Trinajstić information content (AvgIpc) is 2.34. The van der Waals surface area contributed by atoms with Crippen LogP contribution in [0.15, 0.2) is 26.7 Å². The number of oxime groups is 1. The van der Waals surface area contributed by atoms with Crippen LogP contribution in [0.4, 0.5) is 4.39 Å². The maximum Gasteiger partial charge on any atom is 0.171 e. The van der Waals surface area contributed by atoms with Crippen molar-refractivity contribution < 1.29 is 9.60 Å². The number of benzene rings is 1. The summed E-state index contributed by atoms with van der Waals surface area (Å²) in [6, 6.07) is 3.28. The molecule has 6 heteroatoms. The largest absolute Gasteiger partial charge is 0.409 e. The third-order valence-electron chi connectivity index (χ3n) is 2.33. The number of amidine groups is 1. The summed E-state index contributed by atoms with van der Waals surface area (Å²) in [4.78, 5) is 0.556. The number of nitrogens with zero attached hydrogens (tertiary/aromatic N) is 1.